The van der Waals surface area contributed by atoms with E-state index in [9.17, 15) is 15.2 Å². The third kappa shape index (κ3) is 3.33. The van der Waals surface area contributed by atoms with Crippen LogP contribution in [0.25, 0.3) is 0 Å². The van der Waals surface area contributed by atoms with Gasteiger partial charge in [0.1, 0.15) is 5.69 Å². The van der Waals surface area contributed by atoms with Crippen LogP contribution in [0.5, 0.6) is 0 Å². The summed E-state index contributed by atoms with van der Waals surface area (Å²) in [5.41, 5.74) is 1.61. The van der Waals surface area contributed by atoms with Crippen molar-refractivity contribution < 1.29 is 10.0 Å². The first kappa shape index (κ1) is 15.7. The Bertz CT molecular complexity index is 495. The molecule has 2 rings (SSSR count). The molecule has 6 heteroatoms. The van der Waals surface area contributed by atoms with E-state index in [0.29, 0.717) is 11.3 Å². The van der Waals surface area contributed by atoms with Gasteiger partial charge in [-0.25, -0.2) is 0 Å². The lowest BCUT2D eigenvalue weighted by molar-refractivity contribution is -0.384. The molecule has 0 radical (unpaired) electrons. The summed E-state index contributed by atoms with van der Waals surface area (Å²) in [5, 5.41) is 20.7. The van der Waals surface area contributed by atoms with Crippen molar-refractivity contribution in [3.8, 4) is 0 Å². The van der Waals surface area contributed by atoms with Crippen LogP contribution >= 0.6 is 0 Å². The highest BCUT2D eigenvalue weighted by molar-refractivity contribution is 5.66. The van der Waals surface area contributed by atoms with E-state index in [2.05, 4.69) is 16.7 Å². The second kappa shape index (κ2) is 6.87. The van der Waals surface area contributed by atoms with Gasteiger partial charge in [0.05, 0.1) is 11.5 Å². The predicted molar refractivity (Wildman–Crippen MR) is 82.8 cm³/mol. The van der Waals surface area contributed by atoms with E-state index in [0.717, 1.165) is 32.6 Å². The van der Waals surface area contributed by atoms with Crippen molar-refractivity contribution in [3.05, 3.63) is 33.9 Å². The highest BCUT2D eigenvalue weighted by atomic mass is 16.6. The zero-order chi connectivity index (χ0) is 15.4. The summed E-state index contributed by atoms with van der Waals surface area (Å²) in [6, 6.07) is 5.66. The van der Waals surface area contributed by atoms with Crippen molar-refractivity contribution in [1.82, 2.24) is 4.90 Å². The number of benzene rings is 1. The Morgan fingerprint density at radius 3 is 2.52 bits per heavy atom. The number of para-hydroxylation sites is 1. The van der Waals surface area contributed by atoms with E-state index in [4.69, 9.17) is 0 Å². The number of aryl methyl sites for hydroxylation is 1. The predicted octanol–water partition coefficient (Wildman–Crippen LogP) is 1.80. The number of hydrogen-bond donors (Lipinski definition) is 1. The number of nitro benzene ring substituents is 1. The molecule has 1 aliphatic heterocycles. The van der Waals surface area contributed by atoms with E-state index < -0.39 is 0 Å². The summed E-state index contributed by atoms with van der Waals surface area (Å²) in [4.78, 5) is 15.3. The summed E-state index contributed by atoms with van der Waals surface area (Å²) in [6.07, 6.45) is 0.918. The molecule has 0 amide bonds. The molecule has 0 aliphatic carbocycles. The summed E-state index contributed by atoms with van der Waals surface area (Å²) >= 11 is 0. The van der Waals surface area contributed by atoms with Crippen LogP contribution in [0.3, 0.4) is 0 Å². The Kier molecular flexibility index (Phi) is 5.14. The second-order valence-corrected chi connectivity index (χ2v) is 5.47. The monoisotopic (exact) mass is 293 g/mol. The number of piperazine rings is 1. The molecule has 1 atom stereocenters. The van der Waals surface area contributed by atoms with Gasteiger partial charge in [-0.1, -0.05) is 19.1 Å². The standard InChI is InChI=1S/C15H23N3O3/c1-3-13(11-19)16-7-9-17(10-8-16)14-6-4-5-12(2)15(14)18(20)21/h4-6,13,19H,3,7-11H2,1-2H3. The zero-order valence-electron chi connectivity index (χ0n) is 12.7. The van der Waals surface area contributed by atoms with Gasteiger partial charge in [-0.15, -0.1) is 0 Å². The molecule has 0 spiro atoms. The van der Waals surface area contributed by atoms with Crippen LogP contribution in [-0.2, 0) is 0 Å². The Morgan fingerprint density at radius 1 is 1.33 bits per heavy atom. The average molecular weight is 293 g/mol. The van der Waals surface area contributed by atoms with Crippen molar-refractivity contribution in [2.45, 2.75) is 26.3 Å². The largest absolute Gasteiger partial charge is 0.395 e. The van der Waals surface area contributed by atoms with Crippen molar-refractivity contribution >= 4 is 11.4 Å². The molecule has 1 N–H and O–H groups in total. The van der Waals surface area contributed by atoms with Crippen molar-refractivity contribution in [1.29, 1.82) is 0 Å². The number of anilines is 1. The summed E-state index contributed by atoms with van der Waals surface area (Å²) in [6.45, 7) is 7.16. The van der Waals surface area contributed by atoms with Gasteiger partial charge in [0.2, 0.25) is 0 Å². The van der Waals surface area contributed by atoms with Crippen LogP contribution in [0.15, 0.2) is 18.2 Å². The molecule has 0 saturated carbocycles. The highest BCUT2D eigenvalue weighted by Gasteiger charge is 2.27. The summed E-state index contributed by atoms with van der Waals surface area (Å²) < 4.78 is 0. The Hall–Kier alpha value is -1.66. The fraction of sp³-hybridized carbons (Fsp3) is 0.600. The molecular formula is C15H23N3O3. The molecule has 1 fully saturated rings. The van der Waals surface area contributed by atoms with E-state index in [1.54, 1.807) is 13.0 Å². The molecule has 21 heavy (non-hydrogen) atoms. The third-order valence-electron chi connectivity index (χ3n) is 4.25. The molecule has 1 aromatic rings. The molecule has 6 nitrogen and oxygen atoms in total. The number of aliphatic hydroxyl groups excluding tert-OH is 1. The Balaban J connectivity index is 2.13. The first-order valence-corrected chi connectivity index (χ1v) is 7.42. The van der Waals surface area contributed by atoms with Crippen molar-refractivity contribution in [2.24, 2.45) is 0 Å². The summed E-state index contributed by atoms with van der Waals surface area (Å²) in [7, 11) is 0. The second-order valence-electron chi connectivity index (χ2n) is 5.47. The molecule has 116 valence electrons. The van der Waals surface area contributed by atoms with Gasteiger partial charge in [-0.3, -0.25) is 15.0 Å². The molecule has 0 aromatic heterocycles. The number of nitro groups is 1. The Morgan fingerprint density at radius 2 is 2.00 bits per heavy atom. The van der Waals surface area contributed by atoms with Crippen LogP contribution in [0.2, 0.25) is 0 Å². The molecule has 1 aliphatic rings. The number of hydrogen-bond acceptors (Lipinski definition) is 5. The lowest BCUT2D eigenvalue weighted by atomic mass is 10.1. The fourth-order valence-electron chi connectivity index (χ4n) is 2.97. The van der Waals surface area contributed by atoms with E-state index in [1.165, 1.54) is 0 Å². The quantitative estimate of drug-likeness (QED) is 0.662. The van der Waals surface area contributed by atoms with Gasteiger partial charge in [0, 0.05) is 37.8 Å². The molecule has 1 heterocycles. The molecule has 1 saturated heterocycles. The van der Waals surface area contributed by atoms with Gasteiger partial charge >= 0.3 is 0 Å². The number of aliphatic hydroxyl groups is 1. The lowest BCUT2D eigenvalue weighted by Crippen LogP contribution is -2.51. The molecule has 1 unspecified atom stereocenters. The molecule has 1 aromatic carbocycles. The smallest absolute Gasteiger partial charge is 0.295 e. The van der Waals surface area contributed by atoms with Gasteiger partial charge in [-0.2, -0.15) is 0 Å². The van der Waals surface area contributed by atoms with Crippen LogP contribution < -0.4 is 4.90 Å². The van der Waals surface area contributed by atoms with Gasteiger partial charge in [-0.05, 0) is 19.4 Å². The Labute approximate surface area is 125 Å². The zero-order valence-corrected chi connectivity index (χ0v) is 12.7. The van der Waals surface area contributed by atoms with Gasteiger partial charge < -0.3 is 10.0 Å². The minimum Gasteiger partial charge on any atom is -0.395 e. The molecule has 0 bridgehead atoms. The normalized spacial score (nSPS) is 17.8. The summed E-state index contributed by atoms with van der Waals surface area (Å²) in [5.74, 6) is 0. The van der Waals surface area contributed by atoms with Gasteiger partial charge in [0.15, 0.2) is 0 Å². The van der Waals surface area contributed by atoms with E-state index >= 15 is 0 Å². The first-order chi connectivity index (χ1) is 10.1. The maximum absolute atomic E-state index is 11.3. The van der Waals surface area contributed by atoms with Gasteiger partial charge in [0.25, 0.3) is 5.69 Å². The first-order valence-electron chi connectivity index (χ1n) is 7.42. The highest BCUT2D eigenvalue weighted by Crippen LogP contribution is 2.32. The number of nitrogens with zero attached hydrogens (tertiary/aromatic N) is 3. The minimum absolute atomic E-state index is 0.168. The van der Waals surface area contributed by atoms with E-state index in [1.807, 2.05) is 12.1 Å². The number of rotatable bonds is 5. The SMILES string of the molecule is CCC(CO)N1CCN(c2cccc(C)c2[N+](=O)[O-])CC1. The average Bonchev–Trinajstić information content (AvgIpc) is 2.48. The van der Waals surface area contributed by atoms with Crippen LogP contribution in [0.1, 0.15) is 18.9 Å². The van der Waals surface area contributed by atoms with Crippen LogP contribution in [0, 0.1) is 17.0 Å². The van der Waals surface area contributed by atoms with Crippen LogP contribution in [0.4, 0.5) is 11.4 Å². The maximum Gasteiger partial charge on any atom is 0.295 e. The fourth-order valence-corrected chi connectivity index (χ4v) is 2.97. The van der Waals surface area contributed by atoms with E-state index in [-0.39, 0.29) is 23.3 Å². The third-order valence-corrected chi connectivity index (χ3v) is 4.25. The molecular weight excluding hydrogens is 270 g/mol. The van der Waals surface area contributed by atoms with Crippen LogP contribution in [-0.4, -0.2) is 53.8 Å². The maximum atomic E-state index is 11.3. The van der Waals surface area contributed by atoms with Crippen molar-refractivity contribution in [2.75, 3.05) is 37.7 Å². The minimum atomic E-state index is -0.292. The van der Waals surface area contributed by atoms with Crippen molar-refractivity contribution in [3.63, 3.8) is 0 Å². The topological polar surface area (TPSA) is 69.8 Å². The lowest BCUT2D eigenvalue weighted by Gasteiger charge is -2.39.